The monoisotopic (exact) mass is 1080 g/mol. The van der Waals surface area contributed by atoms with Crippen LogP contribution in [0.15, 0.2) is 82.8 Å². The molecule has 0 radical (unpaired) electrons. The molecular weight excluding hydrogens is 1010 g/mol. The van der Waals surface area contributed by atoms with Gasteiger partial charge >= 0.3 is 0 Å². The molecule has 5 atom stereocenters. The molecule has 2 aliphatic carbocycles. The van der Waals surface area contributed by atoms with Crippen LogP contribution in [0.5, 0.6) is 5.75 Å². The number of likely N-dealkylation sites (tertiary alicyclic amines) is 1. The number of likely N-dealkylation sites (N-methyl/N-ethyl adjacent to an activating group) is 1. The highest BCUT2D eigenvalue weighted by atomic mass is 32.1. The molecule has 0 bridgehead atoms. The lowest BCUT2D eigenvalue weighted by molar-refractivity contribution is -0.145. The van der Waals surface area contributed by atoms with Gasteiger partial charge in [0.15, 0.2) is 17.1 Å². The molecule has 7 N–H and O–H groups in total. The number of nitrogens with zero attached hydrogens (tertiary/aromatic N) is 4. The van der Waals surface area contributed by atoms with Crippen LogP contribution in [0, 0.1) is 12.3 Å². The van der Waals surface area contributed by atoms with E-state index in [0.717, 1.165) is 34.5 Å². The van der Waals surface area contributed by atoms with Crippen LogP contribution >= 0.6 is 11.3 Å². The molecule has 0 unspecified atom stereocenters. The third-order valence-corrected chi connectivity index (χ3v) is 15.3. The number of halogens is 1. The number of phenolic OH excluding ortho intramolecular Hbond substituents is 1. The molecule has 2 aromatic heterocycles. The summed E-state index contributed by atoms with van der Waals surface area (Å²) in [5.41, 5.74) is 4.02. The Morgan fingerprint density at radius 1 is 0.935 bits per heavy atom. The Morgan fingerprint density at radius 2 is 1.66 bits per heavy atom. The van der Waals surface area contributed by atoms with Gasteiger partial charge in [0.25, 0.3) is 17.7 Å². The van der Waals surface area contributed by atoms with Crippen LogP contribution in [0.25, 0.3) is 21.8 Å². The number of hydrogen-bond acceptors (Lipinski definition) is 13. The number of hydrogen-bond donors (Lipinski definition) is 7. The van der Waals surface area contributed by atoms with Crippen molar-refractivity contribution in [3.63, 3.8) is 0 Å². The average Bonchev–Trinajstić information content (AvgIpc) is 3.88. The lowest BCUT2D eigenvalue weighted by atomic mass is 9.85. The van der Waals surface area contributed by atoms with Crippen LogP contribution in [0.2, 0.25) is 0 Å². The molecule has 8 rings (SSSR count). The van der Waals surface area contributed by atoms with Crippen LogP contribution < -0.4 is 26.6 Å². The number of rotatable bonds is 21. The Balaban J connectivity index is 0.790. The van der Waals surface area contributed by atoms with Gasteiger partial charge in [-0.1, -0.05) is 80.5 Å². The third-order valence-electron chi connectivity index (χ3n) is 14.3. The van der Waals surface area contributed by atoms with E-state index in [2.05, 4.69) is 36.7 Å². The number of thiazole rings is 1. The van der Waals surface area contributed by atoms with Crippen molar-refractivity contribution >= 4 is 52.7 Å². The van der Waals surface area contributed by atoms with Crippen LogP contribution in [0.1, 0.15) is 127 Å². The van der Waals surface area contributed by atoms with Gasteiger partial charge in [-0.15, -0.1) is 11.3 Å². The number of benzene rings is 3. The highest BCUT2D eigenvalue weighted by Crippen LogP contribution is 2.41. The van der Waals surface area contributed by atoms with Crippen molar-refractivity contribution in [2.75, 3.05) is 33.2 Å². The number of aromatic nitrogens is 2. The zero-order valence-electron chi connectivity index (χ0n) is 43.8. The van der Waals surface area contributed by atoms with Gasteiger partial charge in [-0.05, 0) is 85.3 Å². The van der Waals surface area contributed by atoms with Gasteiger partial charge in [0.1, 0.15) is 17.8 Å². The summed E-state index contributed by atoms with van der Waals surface area (Å²) >= 11 is 1.48. The van der Waals surface area contributed by atoms with Gasteiger partial charge in [-0.3, -0.25) is 33.6 Å². The molecule has 2 fully saturated rings. The standard InChI is InChI=1S/C56H66FN9O10S/c1-32-48(77-31-60-32)35-15-13-34(14-16-35)41(62-51(72)43-27-37(67)30-66(43)53(74)49(55(2,3)4)63-54(75)56(57)21-22-56)29-47(70)58-23-9-8-12-46(69)59-24-25-65(5)52(73)39-19-17-36(26-44(39)68)45-28-42(64-76-45)50(71)61-40-20-18-33-10-6-7-11-38(33)40/h6-7,10-11,13-17,19,26,28,31,37,40-41,43,49,67-68H,8-9,12,18,20-25,27,29-30H2,1-5H3,(H,58,70)(H,59,69)(H,61,71)(H,62,72)(H,63,75)/t37-,40-,41+,43+,49-/m1/s1. The highest BCUT2D eigenvalue weighted by Gasteiger charge is 2.53. The molecule has 1 saturated carbocycles. The molecule has 21 heteroatoms. The molecule has 3 aliphatic rings. The SMILES string of the molecule is Cc1ncsc1-c1ccc([C@H](CC(=O)NCCCCC(=O)NCCN(C)C(=O)c2ccc(-c3cc(C(=O)N[C@@H]4CCc5ccccc54)no3)cc2O)NC(=O)[C@@H]2C[C@@H](O)CN2C(=O)[C@@H](NC(=O)C2(F)CC2)C(C)(C)C)cc1. The minimum atomic E-state index is -2.03. The number of nitrogens with one attached hydrogen (secondary N) is 5. The first-order valence-corrected chi connectivity index (χ1v) is 26.8. The zero-order chi connectivity index (χ0) is 55.2. The topological polar surface area (TPSA) is 265 Å². The third kappa shape index (κ3) is 13.5. The minimum absolute atomic E-state index is 0.0305. The quantitative estimate of drug-likeness (QED) is 0.0442. The number of unbranched alkanes of at least 4 members (excludes halogenated alkanes) is 1. The Hall–Kier alpha value is -7.52. The summed E-state index contributed by atoms with van der Waals surface area (Å²) in [5.74, 6) is -3.70. The van der Waals surface area contributed by atoms with E-state index in [0.29, 0.717) is 24.0 Å². The number of aliphatic hydroxyl groups excluding tert-OH is 1. The molecule has 3 aromatic carbocycles. The number of amides is 7. The van der Waals surface area contributed by atoms with E-state index in [9.17, 15) is 48.2 Å². The van der Waals surface area contributed by atoms with E-state index in [1.807, 2.05) is 43.3 Å². The summed E-state index contributed by atoms with van der Waals surface area (Å²) in [6.45, 7) is 7.40. The van der Waals surface area contributed by atoms with E-state index in [4.69, 9.17) is 4.52 Å². The molecule has 19 nitrogen and oxygen atoms in total. The van der Waals surface area contributed by atoms with Crippen molar-refractivity contribution in [1.29, 1.82) is 0 Å². The maximum Gasteiger partial charge on any atom is 0.273 e. The normalized spacial score (nSPS) is 18.1. The minimum Gasteiger partial charge on any atom is -0.507 e. The first kappa shape index (κ1) is 55.7. The fraction of sp³-hybridized carbons (Fsp3) is 0.446. The summed E-state index contributed by atoms with van der Waals surface area (Å²) in [5, 5.41) is 39.7. The highest BCUT2D eigenvalue weighted by molar-refractivity contribution is 7.13. The number of aromatic hydroxyl groups is 1. The molecule has 5 aromatic rings. The van der Waals surface area contributed by atoms with Crippen LogP contribution in [0.4, 0.5) is 4.39 Å². The van der Waals surface area contributed by atoms with E-state index in [-0.39, 0.29) is 105 Å². The summed E-state index contributed by atoms with van der Waals surface area (Å²) in [4.78, 5) is 102. The van der Waals surface area contributed by atoms with Gasteiger partial charge in [0.05, 0.1) is 46.3 Å². The molecule has 0 spiro atoms. The summed E-state index contributed by atoms with van der Waals surface area (Å²) in [7, 11) is 1.54. The van der Waals surface area contributed by atoms with Crippen LogP contribution in [-0.2, 0) is 30.4 Å². The molecule has 7 amide bonds. The Bertz CT molecular complexity index is 3010. The van der Waals surface area contributed by atoms with Gasteiger partial charge in [0, 0.05) is 57.7 Å². The predicted octanol–water partition coefficient (Wildman–Crippen LogP) is 5.61. The molecule has 1 saturated heterocycles. The number of fused-ring (bicyclic) bond motifs is 1. The van der Waals surface area contributed by atoms with Crippen molar-refractivity contribution in [3.05, 3.63) is 112 Å². The number of β-amino-alcohol motifs (C(OH)–C–C–N with tert-alkyl or cyclic N) is 1. The summed E-state index contributed by atoms with van der Waals surface area (Å²) in [6.07, 6.45) is 1.50. The van der Waals surface area contributed by atoms with E-state index < -0.39 is 58.9 Å². The maximum atomic E-state index is 14.7. The van der Waals surface area contributed by atoms with Crippen LogP contribution in [-0.4, -0.2) is 129 Å². The molecule has 1 aliphatic heterocycles. The summed E-state index contributed by atoms with van der Waals surface area (Å²) < 4.78 is 20.2. The Morgan fingerprint density at radius 3 is 2.36 bits per heavy atom. The van der Waals surface area contributed by atoms with Crippen molar-refractivity contribution in [1.82, 2.24) is 46.5 Å². The largest absolute Gasteiger partial charge is 0.507 e. The van der Waals surface area contributed by atoms with Crippen molar-refractivity contribution in [3.8, 4) is 27.5 Å². The van der Waals surface area contributed by atoms with E-state index in [1.54, 1.807) is 51.5 Å². The smallest absolute Gasteiger partial charge is 0.273 e. The molecule has 408 valence electrons. The van der Waals surface area contributed by atoms with Gasteiger partial charge < -0.3 is 51.1 Å². The van der Waals surface area contributed by atoms with Gasteiger partial charge in [-0.2, -0.15) is 0 Å². The molecular formula is C56H66FN9O10S. The van der Waals surface area contributed by atoms with Gasteiger partial charge in [0.2, 0.25) is 23.6 Å². The Labute approximate surface area is 449 Å². The second kappa shape index (κ2) is 23.8. The number of alkyl halides is 1. The predicted molar refractivity (Wildman–Crippen MR) is 284 cm³/mol. The van der Waals surface area contributed by atoms with Crippen molar-refractivity contribution in [2.45, 2.75) is 121 Å². The first-order valence-electron chi connectivity index (χ1n) is 26.0. The first-order chi connectivity index (χ1) is 36.7. The zero-order valence-corrected chi connectivity index (χ0v) is 44.6. The van der Waals surface area contributed by atoms with Crippen molar-refractivity contribution in [2.24, 2.45) is 5.41 Å². The lowest BCUT2D eigenvalue weighted by Gasteiger charge is -2.36. The van der Waals surface area contributed by atoms with Gasteiger partial charge in [-0.25, -0.2) is 9.37 Å². The van der Waals surface area contributed by atoms with Crippen molar-refractivity contribution < 1.29 is 52.7 Å². The number of aliphatic hydroxyl groups is 1. The van der Waals surface area contributed by atoms with Crippen LogP contribution in [0.3, 0.4) is 0 Å². The number of carbonyl (C=O) groups is 7. The Kier molecular flexibility index (Phi) is 17.2. The average molecular weight is 1080 g/mol. The van der Waals surface area contributed by atoms with E-state index in [1.165, 1.54) is 44.9 Å². The number of aryl methyl sites for hydroxylation is 2. The number of carbonyl (C=O) groups excluding carboxylic acids is 7. The summed E-state index contributed by atoms with van der Waals surface area (Å²) in [6, 6.07) is 17.9. The number of phenols is 1. The van der Waals surface area contributed by atoms with E-state index >= 15 is 0 Å². The fourth-order valence-electron chi connectivity index (χ4n) is 9.66. The molecule has 77 heavy (non-hydrogen) atoms. The maximum absolute atomic E-state index is 14.7. The molecule has 3 heterocycles. The second-order valence-corrected chi connectivity index (χ2v) is 22.1. The second-order valence-electron chi connectivity index (χ2n) is 21.2. The lowest BCUT2D eigenvalue weighted by Crippen LogP contribution is -2.59. The fourth-order valence-corrected chi connectivity index (χ4v) is 10.5.